The van der Waals surface area contributed by atoms with Crippen molar-refractivity contribution in [3.05, 3.63) is 48.0 Å². The molecule has 1 aliphatic heterocycles. The molecular formula is C24H30N2O9. The van der Waals surface area contributed by atoms with E-state index in [-0.39, 0.29) is 12.5 Å². The zero-order chi connectivity index (χ0) is 25.8. The quantitative estimate of drug-likeness (QED) is 0.525. The molecule has 2 N–H and O–H groups in total. The summed E-state index contributed by atoms with van der Waals surface area (Å²) in [5.41, 5.74) is 1.16. The lowest BCUT2D eigenvalue weighted by Crippen LogP contribution is -2.49. The van der Waals surface area contributed by atoms with E-state index in [0.29, 0.717) is 18.8 Å². The number of ether oxygens (including phenoxy) is 4. The lowest BCUT2D eigenvalue weighted by atomic mass is 10.1. The van der Waals surface area contributed by atoms with Gasteiger partial charge in [0.1, 0.15) is 11.5 Å². The van der Waals surface area contributed by atoms with Crippen LogP contribution in [-0.4, -0.2) is 92.0 Å². The summed E-state index contributed by atoms with van der Waals surface area (Å²) in [4.78, 5) is 34.8. The summed E-state index contributed by atoms with van der Waals surface area (Å²) in [7, 11) is 4.89. The van der Waals surface area contributed by atoms with Crippen molar-refractivity contribution < 1.29 is 43.5 Å². The van der Waals surface area contributed by atoms with Crippen molar-refractivity contribution in [2.75, 3.05) is 54.1 Å². The van der Waals surface area contributed by atoms with Crippen LogP contribution in [0.4, 0.5) is 0 Å². The van der Waals surface area contributed by atoms with Gasteiger partial charge >= 0.3 is 11.9 Å². The molecule has 3 rings (SSSR count). The van der Waals surface area contributed by atoms with Crippen LogP contribution in [0.5, 0.6) is 23.0 Å². The highest BCUT2D eigenvalue weighted by atomic mass is 16.5. The van der Waals surface area contributed by atoms with Crippen molar-refractivity contribution in [1.29, 1.82) is 0 Å². The van der Waals surface area contributed by atoms with Gasteiger partial charge in [0.15, 0.2) is 18.1 Å². The molecular weight excluding hydrogens is 460 g/mol. The predicted octanol–water partition coefficient (Wildman–Crippen LogP) is 1.59. The second-order valence-electron chi connectivity index (χ2n) is 7.42. The Balaban J connectivity index is 0.000000641. The number of carbonyl (C=O) groups excluding carboxylic acids is 1. The van der Waals surface area contributed by atoms with E-state index in [4.69, 9.17) is 38.7 Å². The van der Waals surface area contributed by atoms with E-state index in [1.807, 2.05) is 35.2 Å². The van der Waals surface area contributed by atoms with Crippen molar-refractivity contribution in [2.45, 2.75) is 6.54 Å². The lowest BCUT2D eigenvalue weighted by Gasteiger charge is -2.34. The normalized spacial score (nSPS) is 13.2. The van der Waals surface area contributed by atoms with Gasteiger partial charge in [-0.1, -0.05) is 6.07 Å². The SMILES string of the molecule is COc1ccc(OCC(=O)N2CCN(Cc3ccc(OC)c(OC)c3)CC2)cc1.O=C(O)C(=O)O. The lowest BCUT2D eigenvalue weighted by molar-refractivity contribution is -0.159. The molecule has 11 heteroatoms. The number of hydrogen-bond acceptors (Lipinski definition) is 8. The Bertz CT molecular complexity index is 975. The maximum Gasteiger partial charge on any atom is 0.414 e. The third-order valence-electron chi connectivity index (χ3n) is 5.18. The number of amides is 1. The Hall–Kier alpha value is -3.99. The van der Waals surface area contributed by atoms with Gasteiger partial charge in [-0.05, 0) is 42.0 Å². The van der Waals surface area contributed by atoms with Crippen molar-refractivity contribution in [3.8, 4) is 23.0 Å². The van der Waals surface area contributed by atoms with Crippen LogP contribution in [0, 0.1) is 0 Å². The van der Waals surface area contributed by atoms with Gasteiger partial charge in [-0.3, -0.25) is 9.69 Å². The first-order valence-corrected chi connectivity index (χ1v) is 10.7. The molecule has 190 valence electrons. The third kappa shape index (κ3) is 8.70. The Kier molecular flexibility index (Phi) is 10.6. The fraction of sp³-hybridized carbons (Fsp3) is 0.375. The van der Waals surface area contributed by atoms with Gasteiger partial charge in [0.25, 0.3) is 5.91 Å². The van der Waals surface area contributed by atoms with Crippen LogP contribution < -0.4 is 18.9 Å². The Morgan fingerprint density at radius 1 is 0.771 bits per heavy atom. The molecule has 1 fully saturated rings. The van der Waals surface area contributed by atoms with Gasteiger partial charge in [0.2, 0.25) is 0 Å². The van der Waals surface area contributed by atoms with Gasteiger partial charge in [-0.2, -0.15) is 0 Å². The van der Waals surface area contributed by atoms with Gasteiger partial charge in [0, 0.05) is 32.7 Å². The Labute approximate surface area is 203 Å². The smallest absolute Gasteiger partial charge is 0.414 e. The van der Waals surface area contributed by atoms with Crippen LogP contribution in [-0.2, 0) is 20.9 Å². The second kappa shape index (κ2) is 13.7. The molecule has 0 spiro atoms. The van der Waals surface area contributed by atoms with Gasteiger partial charge in [-0.15, -0.1) is 0 Å². The molecule has 11 nitrogen and oxygen atoms in total. The number of carbonyl (C=O) groups is 3. The molecule has 35 heavy (non-hydrogen) atoms. The maximum atomic E-state index is 12.4. The largest absolute Gasteiger partial charge is 0.497 e. The van der Waals surface area contributed by atoms with E-state index in [0.717, 1.165) is 42.4 Å². The first-order valence-electron chi connectivity index (χ1n) is 10.7. The Morgan fingerprint density at radius 3 is 1.86 bits per heavy atom. The van der Waals surface area contributed by atoms with Crippen LogP contribution >= 0.6 is 0 Å². The zero-order valence-electron chi connectivity index (χ0n) is 19.9. The fourth-order valence-electron chi connectivity index (χ4n) is 3.30. The van der Waals surface area contributed by atoms with Crippen molar-refractivity contribution >= 4 is 17.8 Å². The molecule has 2 aromatic carbocycles. The fourth-order valence-corrected chi connectivity index (χ4v) is 3.30. The highest BCUT2D eigenvalue weighted by Gasteiger charge is 2.21. The number of methoxy groups -OCH3 is 3. The monoisotopic (exact) mass is 490 g/mol. The van der Waals surface area contributed by atoms with Crippen LogP contribution in [0.3, 0.4) is 0 Å². The molecule has 0 radical (unpaired) electrons. The average molecular weight is 491 g/mol. The van der Waals surface area contributed by atoms with Crippen LogP contribution in [0.25, 0.3) is 0 Å². The molecule has 0 atom stereocenters. The molecule has 1 saturated heterocycles. The summed E-state index contributed by atoms with van der Waals surface area (Å²) < 4.78 is 21.4. The molecule has 0 saturated carbocycles. The van der Waals surface area contributed by atoms with E-state index in [1.165, 1.54) is 0 Å². The minimum absolute atomic E-state index is 0.00610. The van der Waals surface area contributed by atoms with Crippen molar-refractivity contribution in [3.63, 3.8) is 0 Å². The molecule has 1 heterocycles. The highest BCUT2D eigenvalue weighted by molar-refractivity contribution is 6.27. The van der Waals surface area contributed by atoms with E-state index in [9.17, 15) is 4.79 Å². The van der Waals surface area contributed by atoms with Crippen molar-refractivity contribution in [2.24, 2.45) is 0 Å². The van der Waals surface area contributed by atoms with Gasteiger partial charge in [-0.25, -0.2) is 9.59 Å². The van der Waals surface area contributed by atoms with Crippen LogP contribution in [0.2, 0.25) is 0 Å². The number of benzene rings is 2. The Morgan fingerprint density at radius 2 is 1.34 bits per heavy atom. The van der Waals surface area contributed by atoms with E-state index in [1.54, 1.807) is 33.5 Å². The number of carboxylic acid groups (broad SMARTS) is 2. The standard InChI is InChI=1S/C22H28N2O5.C2H2O4/c1-26-18-5-7-19(8-6-18)29-16-22(25)24-12-10-23(11-13-24)15-17-4-9-20(27-2)21(14-17)28-3;3-1(4)2(5)6/h4-9,14H,10-13,15-16H2,1-3H3;(H,3,4)(H,5,6). The number of piperazine rings is 1. The summed E-state index contributed by atoms with van der Waals surface area (Å²) >= 11 is 0. The van der Waals surface area contributed by atoms with Crippen LogP contribution in [0.1, 0.15) is 5.56 Å². The summed E-state index contributed by atoms with van der Waals surface area (Å²) in [5.74, 6) is -0.768. The number of hydrogen-bond donors (Lipinski definition) is 2. The van der Waals surface area contributed by atoms with Gasteiger partial charge in [0.05, 0.1) is 21.3 Å². The number of aliphatic carboxylic acids is 2. The summed E-state index contributed by atoms with van der Waals surface area (Å²) in [6, 6.07) is 13.2. The minimum atomic E-state index is -1.82. The molecule has 0 aromatic heterocycles. The van der Waals surface area contributed by atoms with Crippen molar-refractivity contribution in [1.82, 2.24) is 9.80 Å². The number of rotatable bonds is 8. The topological polar surface area (TPSA) is 135 Å². The summed E-state index contributed by atoms with van der Waals surface area (Å²) in [6.07, 6.45) is 0. The average Bonchev–Trinajstić information content (AvgIpc) is 2.88. The van der Waals surface area contributed by atoms with E-state index in [2.05, 4.69) is 4.90 Å². The van der Waals surface area contributed by atoms with E-state index < -0.39 is 11.9 Å². The molecule has 2 aromatic rings. The molecule has 0 aliphatic carbocycles. The third-order valence-corrected chi connectivity index (χ3v) is 5.18. The van der Waals surface area contributed by atoms with E-state index >= 15 is 0 Å². The molecule has 1 aliphatic rings. The number of carboxylic acids is 2. The summed E-state index contributed by atoms with van der Waals surface area (Å²) in [5, 5.41) is 14.8. The second-order valence-corrected chi connectivity index (χ2v) is 7.42. The minimum Gasteiger partial charge on any atom is -0.497 e. The molecule has 0 unspecified atom stereocenters. The highest BCUT2D eigenvalue weighted by Crippen LogP contribution is 2.28. The number of nitrogens with zero attached hydrogens (tertiary/aromatic N) is 2. The molecule has 0 bridgehead atoms. The predicted molar refractivity (Wildman–Crippen MR) is 125 cm³/mol. The zero-order valence-corrected chi connectivity index (χ0v) is 19.9. The van der Waals surface area contributed by atoms with Crippen LogP contribution in [0.15, 0.2) is 42.5 Å². The first kappa shape index (κ1) is 27.3. The maximum absolute atomic E-state index is 12.4. The van der Waals surface area contributed by atoms with Gasteiger partial charge < -0.3 is 34.1 Å². The summed E-state index contributed by atoms with van der Waals surface area (Å²) in [6.45, 7) is 3.88. The molecule has 1 amide bonds. The first-order chi connectivity index (χ1) is 16.8.